The molecule has 1 aromatic heterocycles. The lowest BCUT2D eigenvalue weighted by Gasteiger charge is -2.31. The van der Waals surface area contributed by atoms with E-state index in [9.17, 15) is 10.1 Å². The fourth-order valence-electron chi connectivity index (χ4n) is 3.86. The van der Waals surface area contributed by atoms with Gasteiger partial charge < -0.3 is 24.8 Å². The lowest BCUT2D eigenvalue weighted by Crippen LogP contribution is -2.36. The minimum atomic E-state index is 0.0945. The molecule has 4 rings (SSSR count). The smallest absolute Gasteiger partial charge is 0.231 e. The van der Waals surface area contributed by atoms with Crippen LogP contribution in [-0.2, 0) is 17.8 Å². The van der Waals surface area contributed by atoms with Crippen LogP contribution >= 0.6 is 0 Å². The van der Waals surface area contributed by atoms with Gasteiger partial charge in [-0.25, -0.2) is 4.98 Å². The number of fused-ring (bicyclic) bond motifs is 2. The Hall–Kier alpha value is -3.47. The summed E-state index contributed by atoms with van der Waals surface area (Å²) in [5, 5.41) is 9.83. The number of ether oxygens (including phenoxy) is 3. The standard InChI is InChI=1S/C21H22N4O4/c1-3-4-19(26)25-6-5-15-14(10-25)20(13(9-22)21(23)24-15)12-7-17-18(29-11-28-17)8-16(12)27-2/h7-8H,3-6,10-11H2,1-2H3,(H2,23,24). The molecular formula is C21H22N4O4. The Morgan fingerprint density at radius 1 is 1.38 bits per heavy atom. The largest absolute Gasteiger partial charge is 0.496 e. The van der Waals surface area contributed by atoms with Gasteiger partial charge in [0.2, 0.25) is 12.7 Å². The van der Waals surface area contributed by atoms with Crippen LogP contribution in [-0.4, -0.2) is 36.2 Å². The van der Waals surface area contributed by atoms with Crippen molar-refractivity contribution < 1.29 is 19.0 Å². The molecule has 2 aliphatic rings. The molecule has 3 heterocycles. The first-order valence-electron chi connectivity index (χ1n) is 9.54. The normalized spacial score (nSPS) is 14.3. The predicted molar refractivity (Wildman–Crippen MR) is 106 cm³/mol. The Balaban J connectivity index is 1.91. The summed E-state index contributed by atoms with van der Waals surface area (Å²) in [5.74, 6) is 1.96. The minimum Gasteiger partial charge on any atom is -0.496 e. The van der Waals surface area contributed by atoms with E-state index >= 15 is 0 Å². The monoisotopic (exact) mass is 394 g/mol. The molecule has 0 saturated heterocycles. The molecule has 29 heavy (non-hydrogen) atoms. The van der Waals surface area contributed by atoms with E-state index in [0.717, 1.165) is 17.7 Å². The highest BCUT2D eigenvalue weighted by Gasteiger charge is 2.30. The third-order valence-corrected chi connectivity index (χ3v) is 5.27. The van der Waals surface area contributed by atoms with Gasteiger partial charge in [-0.15, -0.1) is 0 Å². The van der Waals surface area contributed by atoms with E-state index in [1.807, 2.05) is 11.8 Å². The Labute approximate surface area is 168 Å². The summed E-state index contributed by atoms with van der Waals surface area (Å²) in [5.41, 5.74) is 9.33. The van der Waals surface area contributed by atoms with Gasteiger partial charge in [-0.3, -0.25) is 4.79 Å². The van der Waals surface area contributed by atoms with E-state index in [2.05, 4.69) is 11.1 Å². The van der Waals surface area contributed by atoms with E-state index in [1.165, 1.54) is 0 Å². The molecule has 2 aromatic rings. The van der Waals surface area contributed by atoms with Crippen LogP contribution in [0.2, 0.25) is 0 Å². The van der Waals surface area contributed by atoms with Crippen LogP contribution in [0.15, 0.2) is 12.1 Å². The number of nitrogens with zero attached hydrogens (tertiary/aromatic N) is 3. The first-order chi connectivity index (χ1) is 14.1. The Kier molecular flexibility index (Phi) is 4.89. The molecule has 0 atom stereocenters. The fraction of sp³-hybridized carbons (Fsp3) is 0.381. The molecule has 0 saturated carbocycles. The van der Waals surface area contributed by atoms with Gasteiger partial charge in [-0.05, 0) is 12.5 Å². The maximum absolute atomic E-state index is 12.5. The van der Waals surface area contributed by atoms with Crippen molar-refractivity contribution in [2.24, 2.45) is 0 Å². The zero-order valence-corrected chi connectivity index (χ0v) is 16.4. The third kappa shape index (κ3) is 3.18. The summed E-state index contributed by atoms with van der Waals surface area (Å²) in [7, 11) is 1.56. The molecule has 0 spiro atoms. The van der Waals surface area contributed by atoms with Gasteiger partial charge >= 0.3 is 0 Å². The second-order valence-corrected chi connectivity index (χ2v) is 7.01. The number of aromatic nitrogens is 1. The number of nitrogen functional groups attached to an aromatic ring is 1. The number of rotatable bonds is 4. The zero-order chi connectivity index (χ0) is 20.5. The zero-order valence-electron chi connectivity index (χ0n) is 16.4. The van der Waals surface area contributed by atoms with Crippen LogP contribution in [0.4, 0.5) is 5.82 Å². The molecule has 0 fully saturated rings. The second-order valence-electron chi connectivity index (χ2n) is 7.01. The first-order valence-corrected chi connectivity index (χ1v) is 9.54. The second kappa shape index (κ2) is 7.51. The molecule has 0 aliphatic carbocycles. The summed E-state index contributed by atoms with van der Waals surface area (Å²) >= 11 is 0. The van der Waals surface area contributed by atoms with Crippen molar-refractivity contribution in [3.63, 3.8) is 0 Å². The third-order valence-electron chi connectivity index (χ3n) is 5.27. The fourth-order valence-corrected chi connectivity index (χ4v) is 3.86. The number of methoxy groups -OCH3 is 1. The molecule has 1 amide bonds. The highest BCUT2D eigenvalue weighted by Crippen LogP contribution is 2.46. The van der Waals surface area contributed by atoms with Crippen LogP contribution in [0.25, 0.3) is 11.1 Å². The summed E-state index contributed by atoms with van der Waals surface area (Å²) in [6, 6.07) is 5.72. The summed E-state index contributed by atoms with van der Waals surface area (Å²) in [4.78, 5) is 18.8. The van der Waals surface area contributed by atoms with Crippen molar-refractivity contribution in [2.75, 3.05) is 26.2 Å². The number of anilines is 1. The van der Waals surface area contributed by atoms with Crippen molar-refractivity contribution in [2.45, 2.75) is 32.7 Å². The maximum atomic E-state index is 12.5. The van der Waals surface area contributed by atoms with Crippen LogP contribution < -0.4 is 19.9 Å². The first kappa shape index (κ1) is 18.9. The lowest BCUT2D eigenvalue weighted by molar-refractivity contribution is -0.132. The quantitative estimate of drug-likeness (QED) is 0.848. The highest BCUT2D eigenvalue weighted by atomic mass is 16.7. The molecule has 8 heteroatoms. The van der Waals surface area contributed by atoms with Crippen molar-refractivity contribution >= 4 is 11.7 Å². The molecule has 0 radical (unpaired) electrons. The van der Waals surface area contributed by atoms with E-state index in [0.29, 0.717) is 54.3 Å². The number of nitriles is 1. The van der Waals surface area contributed by atoms with E-state index in [-0.39, 0.29) is 24.1 Å². The number of hydrogen-bond donors (Lipinski definition) is 1. The van der Waals surface area contributed by atoms with Crippen molar-refractivity contribution in [3.05, 3.63) is 29.0 Å². The van der Waals surface area contributed by atoms with Crippen molar-refractivity contribution in [1.29, 1.82) is 5.26 Å². The number of nitrogens with two attached hydrogens (primary N) is 1. The summed E-state index contributed by atoms with van der Waals surface area (Å²) in [6.45, 7) is 3.07. The number of hydrogen-bond acceptors (Lipinski definition) is 7. The van der Waals surface area contributed by atoms with Gasteiger partial charge in [-0.2, -0.15) is 5.26 Å². The molecule has 0 bridgehead atoms. The van der Waals surface area contributed by atoms with Crippen LogP contribution in [0.5, 0.6) is 17.2 Å². The average Bonchev–Trinajstić information content (AvgIpc) is 3.19. The minimum absolute atomic E-state index is 0.0945. The number of amides is 1. The molecule has 0 unspecified atom stereocenters. The summed E-state index contributed by atoms with van der Waals surface area (Å²) < 4.78 is 16.6. The molecule has 150 valence electrons. The Bertz CT molecular complexity index is 1030. The van der Waals surface area contributed by atoms with E-state index < -0.39 is 0 Å². The van der Waals surface area contributed by atoms with Crippen molar-refractivity contribution in [1.82, 2.24) is 9.88 Å². The van der Waals surface area contributed by atoms with Crippen LogP contribution in [0, 0.1) is 11.3 Å². The molecule has 2 aliphatic heterocycles. The predicted octanol–water partition coefficient (Wildman–Crippen LogP) is 2.62. The molecule has 1 aromatic carbocycles. The Morgan fingerprint density at radius 3 is 2.83 bits per heavy atom. The van der Waals surface area contributed by atoms with E-state index in [4.69, 9.17) is 19.9 Å². The number of pyridine rings is 1. The summed E-state index contributed by atoms with van der Waals surface area (Å²) in [6.07, 6.45) is 1.86. The highest BCUT2D eigenvalue weighted by molar-refractivity contribution is 5.85. The molecular weight excluding hydrogens is 372 g/mol. The van der Waals surface area contributed by atoms with Crippen LogP contribution in [0.3, 0.4) is 0 Å². The molecule has 8 nitrogen and oxygen atoms in total. The van der Waals surface area contributed by atoms with Gasteiger partial charge in [0, 0.05) is 48.7 Å². The SMILES string of the molecule is CCCC(=O)N1CCc2nc(N)c(C#N)c(-c3cc4c(cc3OC)OCO4)c2C1. The topological polar surface area (TPSA) is 111 Å². The van der Waals surface area contributed by atoms with Crippen molar-refractivity contribution in [3.8, 4) is 34.4 Å². The number of carbonyl (C=O) groups is 1. The maximum Gasteiger partial charge on any atom is 0.231 e. The molecule has 2 N–H and O–H groups in total. The van der Waals surface area contributed by atoms with Gasteiger partial charge in [-0.1, -0.05) is 6.92 Å². The van der Waals surface area contributed by atoms with Crippen LogP contribution in [0.1, 0.15) is 36.6 Å². The van der Waals surface area contributed by atoms with Gasteiger partial charge in [0.25, 0.3) is 0 Å². The number of carbonyl (C=O) groups excluding carboxylic acids is 1. The van der Waals surface area contributed by atoms with Gasteiger partial charge in [0.15, 0.2) is 11.5 Å². The lowest BCUT2D eigenvalue weighted by atomic mass is 9.90. The Morgan fingerprint density at radius 2 is 2.14 bits per heavy atom. The van der Waals surface area contributed by atoms with Gasteiger partial charge in [0.05, 0.1) is 12.8 Å². The van der Waals surface area contributed by atoms with E-state index in [1.54, 1.807) is 19.2 Å². The average molecular weight is 394 g/mol. The van der Waals surface area contributed by atoms with Gasteiger partial charge in [0.1, 0.15) is 23.2 Å². The number of benzene rings is 1.